The minimum Gasteiger partial charge on any atom is -0.256 e. The van der Waals surface area contributed by atoms with Crippen LogP contribution >= 0.6 is 0 Å². The third kappa shape index (κ3) is 2.36. The van der Waals surface area contributed by atoms with Crippen LogP contribution in [0.4, 0.5) is 0 Å². The number of hydrogen-bond donors (Lipinski definition) is 0. The number of aromatic nitrogens is 2. The Labute approximate surface area is 123 Å². The lowest BCUT2D eigenvalue weighted by Gasteiger charge is -2.04. The maximum absolute atomic E-state index is 4.40. The van der Waals surface area contributed by atoms with E-state index in [9.17, 15) is 0 Å². The molecular formula is C19H13N2. The second-order valence-corrected chi connectivity index (χ2v) is 5.16. The van der Waals surface area contributed by atoms with Gasteiger partial charge in [0.15, 0.2) is 0 Å². The van der Waals surface area contributed by atoms with E-state index in [0.717, 1.165) is 28.4 Å². The van der Waals surface area contributed by atoms with Crippen LogP contribution in [0.2, 0.25) is 0 Å². The van der Waals surface area contributed by atoms with Crippen molar-refractivity contribution in [1.29, 1.82) is 0 Å². The van der Waals surface area contributed by atoms with Crippen LogP contribution in [-0.4, -0.2) is 9.97 Å². The highest BCUT2D eigenvalue weighted by molar-refractivity contribution is 5.80. The molecule has 4 aromatic rings. The summed E-state index contributed by atoms with van der Waals surface area (Å²) < 4.78 is 0. The Morgan fingerprint density at radius 3 is 2.67 bits per heavy atom. The van der Waals surface area contributed by atoms with Gasteiger partial charge >= 0.3 is 0 Å². The Morgan fingerprint density at radius 2 is 1.67 bits per heavy atom. The van der Waals surface area contributed by atoms with Crippen molar-refractivity contribution < 1.29 is 0 Å². The first kappa shape index (κ1) is 12.0. The Bertz CT molecular complexity index is 851. The number of para-hydroxylation sites is 1. The van der Waals surface area contributed by atoms with Gasteiger partial charge in [-0.15, -0.1) is 0 Å². The van der Waals surface area contributed by atoms with Crippen molar-refractivity contribution in [3.8, 4) is 0 Å². The normalized spacial score (nSPS) is 11.0. The SMILES string of the molecule is [c]1nc2ccccc2cc1Cc1ccc2ncccc2c1. The van der Waals surface area contributed by atoms with Crippen molar-refractivity contribution in [3.63, 3.8) is 0 Å². The van der Waals surface area contributed by atoms with E-state index in [1.54, 1.807) is 0 Å². The molecular weight excluding hydrogens is 256 g/mol. The summed E-state index contributed by atoms with van der Waals surface area (Å²) in [6.45, 7) is 0. The zero-order valence-corrected chi connectivity index (χ0v) is 11.5. The van der Waals surface area contributed by atoms with E-state index < -0.39 is 0 Å². The molecule has 2 nitrogen and oxygen atoms in total. The summed E-state index contributed by atoms with van der Waals surface area (Å²) in [5.74, 6) is 0. The van der Waals surface area contributed by atoms with Crippen LogP contribution in [0.15, 0.2) is 66.9 Å². The fraction of sp³-hybridized carbons (Fsp3) is 0.0526. The molecule has 0 saturated carbocycles. The zero-order chi connectivity index (χ0) is 14.1. The molecule has 21 heavy (non-hydrogen) atoms. The summed E-state index contributed by atoms with van der Waals surface area (Å²) in [4.78, 5) is 8.75. The fourth-order valence-corrected chi connectivity index (χ4v) is 2.61. The van der Waals surface area contributed by atoms with Gasteiger partial charge in [0.05, 0.1) is 17.2 Å². The Morgan fingerprint density at radius 1 is 0.810 bits per heavy atom. The summed E-state index contributed by atoms with van der Waals surface area (Å²) in [5, 5.41) is 2.33. The van der Waals surface area contributed by atoms with Gasteiger partial charge in [0.25, 0.3) is 0 Å². The van der Waals surface area contributed by atoms with Crippen LogP contribution < -0.4 is 0 Å². The van der Waals surface area contributed by atoms with Gasteiger partial charge < -0.3 is 0 Å². The Hall–Kier alpha value is -2.74. The van der Waals surface area contributed by atoms with Crippen molar-refractivity contribution in [1.82, 2.24) is 9.97 Å². The van der Waals surface area contributed by atoms with Gasteiger partial charge in [-0.25, -0.2) is 4.98 Å². The van der Waals surface area contributed by atoms with Crippen LogP contribution in [0, 0.1) is 6.20 Å². The van der Waals surface area contributed by atoms with Gasteiger partial charge in [-0.05, 0) is 47.9 Å². The zero-order valence-electron chi connectivity index (χ0n) is 11.5. The summed E-state index contributed by atoms with van der Waals surface area (Å²) in [7, 11) is 0. The Kier molecular flexibility index (Phi) is 2.86. The van der Waals surface area contributed by atoms with E-state index in [-0.39, 0.29) is 0 Å². The third-order valence-corrected chi connectivity index (χ3v) is 3.65. The number of fused-ring (bicyclic) bond motifs is 2. The van der Waals surface area contributed by atoms with E-state index in [2.05, 4.69) is 52.6 Å². The number of hydrogen-bond acceptors (Lipinski definition) is 2. The molecule has 2 heterocycles. The van der Waals surface area contributed by atoms with Crippen molar-refractivity contribution in [2.45, 2.75) is 6.42 Å². The lowest BCUT2D eigenvalue weighted by Crippen LogP contribution is -1.91. The first-order valence-corrected chi connectivity index (χ1v) is 6.98. The lowest BCUT2D eigenvalue weighted by molar-refractivity contribution is 1.16. The van der Waals surface area contributed by atoms with Gasteiger partial charge in [-0.1, -0.05) is 30.3 Å². The minimum atomic E-state index is 0.836. The van der Waals surface area contributed by atoms with Crippen LogP contribution in [0.5, 0.6) is 0 Å². The van der Waals surface area contributed by atoms with Gasteiger partial charge in [-0.2, -0.15) is 0 Å². The predicted octanol–water partition coefficient (Wildman–Crippen LogP) is 4.17. The average Bonchev–Trinajstić information content (AvgIpc) is 2.55. The quantitative estimate of drug-likeness (QED) is 0.545. The largest absolute Gasteiger partial charge is 0.256 e. The number of nitrogens with zero attached hydrogens (tertiary/aromatic N) is 2. The van der Waals surface area contributed by atoms with Gasteiger partial charge in [-0.3, -0.25) is 4.98 Å². The van der Waals surface area contributed by atoms with Gasteiger partial charge in [0, 0.05) is 17.0 Å². The maximum Gasteiger partial charge on any atom is 0.0932 e. The molecule has 0 atom stereocenters. The van der Waals surface area contributed by atoms with Crippen molar-refractivity contribution in [2.24, 2.45) is 0 Å². The smallest absolute Gasteiger partial charge is 0.0932 e. The lowest BCUT2D eigenvalue weighted by atomic mass is 10.0. The summed E-state index contributed by atoms with van der Waals surface area (Å²) in [5.41, 5.74) is 4.38. The third-order valence-electron chi connectivity index (χ3n) is 3.65. The van der Waals surface area contributed by atoms with Crippen LogP contribution in [0.25, 0.3) is 21.8 Å². The molecule has 2 aromatic heterocycles. The van der Waals surface area contributed by atoms with E-state index in [1.165, 1.54) is 10.9 Å². The molecule has 0 N–H and O–H groups in total. The molecule has 2 aromatic carbocycles. The minimum absolute atomic E-state index is 0.836. The monoisotopic (exact) mass is 269 g/mol. The van der Waals surface area contributed by atoms with E-state index >= 15 is 0 Å². The summed E-state index contributed by atoms with van der Waals surface area (Å²) in [6.07, 6.45) is 5.80. The molecule has 0 aliphatic heterocycles. The van der Waals surface area contributed by atoms with Crippen molar-refractivity contribution in [2.75, 3.05) is 0 Å². The topological polar surface area (TPSA) is 25.8 Å². The second-order valence-electron chi connectivity index (χ2n) is 5.16. The first-order chi connectivity index (χ1) is 10.4. The number of benzene rings is 2. The maximum atomic E-state index is 4.40. The Balaban J connectivity index is 1.71. The molecule has 2 heteroatoms. The molecule has 0 bridgehead atoms. The van der Waals surface area contributed by atoms with Gasteiger partial charge in [0.2, 0.25) is 0 Å². The molecule has 0 saturated heterocycles. The molecule has 0 unspecified atom stereocenters. The van der Waals surface area contributed by atoms with Crippen LogP contribution in [-0.2, 0) is 6.42 Å². The predicted molar refractivity (Wildman–Crippen MR) is 85.1 cm³/mol. The van der Waals surface area contributed by atoms with E-state index in [4.69, 9.17) is 0 Å². The molecule has 0 spiro atoms. The number of rotatable bonds is 2. The highest BCUT2D eigenvalue weighted by Gasteiger charge is 2.02. The molecule has 4 rings (SSSR count). The molecule has 0 fully saturated rings. The second kappa shape index (κ2) is 4.98. The summed E-state index contributed by atoms with van der Waals surface area (Å²) >= 11 is 0. The fourth-order valence-electron chi connectivity index (χ4n) is 2.61. The van der Waals surface area contributed by atoms with Crippen molar-refractivity contribution >= 4 is 21.8 Å². The van der Waals surface area contributed by atoms with Gasteiger partial charge in [0.1, 0.15) is 0 Å². The molecule has 99 valence electrons. The average molecular weight is 269 g/mol. The molecule has 0 aliphatic carbocycles. The molecule has 0 aliphatic rings. The van der Waals surface area contributed by atoms with Crippen LogP contribution in [0.3, 0.4) is 0 Å². The number of pyridine rings is 2. The summed E-state index contributed by atoms with van der Waals surface area (Å²) in [6, 6.07) is 20.7. The highest BCUT2D eigenvalue weighted by Crippen LogP contribution is 2.18. The van der Waals surface area contributed by atoms with E-state index in [0.29, 0.717) is 0 Å². The van der Waals surface area contributed by atoms with Crippen molar-refractivity contribution in [3.05, 3.63) is 84.2 Å². The van der Waals surface area contributed by atoms with E-state index in [1.807, 2.05) is 30.5 Å². The van der Waals surface area contributed by atoms with Crippen LogP contribution in [0.1, 0.15) is 11.1 Å². The molecule has 1 radical (unpaired) electrons. The highest BCUT2D eigenvalue weighted by atomic mass is 14.7. The first-order valence-electron chi connectivity index (χ1n) is 6.98. The standard InChI is InChI=1S/C19H13N2/c1-2-6-18-16(4-1)12-15(13-21-18)10-14-7-8-19-17(11-14)5-3-9-20-19/h1-9,11-12H,10H2. The molecule has 0 amide bonds.